The highest BCUT2D eigenvalue weighted by atomic mass is 32.2. The first-order valence-corrected chi connectivity index (χ1v) is 7.36. The van der Waals surface area contributed by atoms with E-state index < -0.39 is 16.0 Å². The van der Waals surface area contributed by atoms with Gasteiger partial charge in [0.15, 0.2) is 0 Å². The van der Waals surface area contributed by atoms with Gasteiger partial charge in [0.05, 0.1) is 6.61 Å². The van der Waals surface area contributed by atoms with Crippen LogP contribution in [0.15, 0.2) is 16.3 Å². The van der Waals surface area contributed by atoms with Crippen molar-refractivity contribution < 1.29 is 23.1 Å². The molecule has 0 radical (unpaired) electrons. The van der Waals surface area contributed by atoms with E-state index in [-0.39, 0.29) is 21.7 Å². The smallest absolute Gasteiger partial charge is 0.345 e. The predicted octanol–water partition coefficient (Wildman–Crippen LogP) is 1.10. The highest BCUT2D eigenvalue weighted by Gasteiger charge is 2.27. The zero-order valence-electron chi connectivity index (χ0n) is 10.3. The summed E-state index contributed by atoms with van der Waals surface area (Å²) < 4.78 is 30.4. The second kappa shape index (κ2) is 5.79. The Balaban J connectivity index is 3.01. The van der Waals surface area contributed by atoms with E-state index in [2.05, 4.69) is 0 Å². The number of likely N-dealkylation sites (N-methyl/N-ethyl adjacent to an activating group) is 1. The third kappa shape index (κ3) is 3.08. The molecule has 102 valence electrons. The van der Waals surface area contributed by atoms with Gasteiger partial charge in [-0.05, 0) is 19.1 Å². The summed E-state index contributed by atoms with van der Waals surface area (Å²) in [6.45, 7) is 1.99. The van der Waals surface area contributed by atoms with E-state index in [1.54, 1.807) is 6.92 Å². The van der Waals surface area contributed by atoms with Crippen LogP contribution in [0, 0.1) is 0 Å². The maximum atomic E-state index is 12.2. The van der Waals surface area contributed by atoms with Gasteiger partial charge in [-0.3, -0.25) is 0 Å². The summed E-state index contributed by atoms with van der Waals surface area (Å²) in [6, 6.07) is 2.27. The Labute approximate surface area is 110 Å². The number of thiophene rings is 1. The Kier molecular flexibility index (Phi) is 4.85. The summed E-state index contributed by atoms with van der Waals surface area (Å²) in [4.78, 5) is 10.7. The van der Waals surface area contributed by atoms with Gasteiger partial charge in [0, 0.05) is 20.2 Å². The van der Waals surface area contributed by atoms with Gasteiger partial charge in [-0.15, -0.1) is 11.3 Å². The average molecular weight is 293 g/mol. The quantitative estimate of drug-likeness (QED) is 0.849. The van der Waals surface area contributed by atoms with E-state index in [0.29, 0.717) is 0 Å². The molecule has 0 spiro atoms. The van der Waals surface area contributed by atoms with Gasteiger partial charge in [0.25, 0.3) is 10.0 Å². The number of carbonyl (C=O) groups is 1. The van der Waals surface area contributed by atoms with Crippen molar-refractivity contribution in [2.75, 3.05) is 20.8 Å². The van der Waals surface area contributed by atoms with E-state index in [1.165, 1.54) is 30.6 Å². The second-order valence-electron chi connectivity index (χ2n) is 3.75. The summed E-state index contributed by atoms with van der Waals surface area (Å²) in [5.74, 6) is -1.13. The Morgan fingerprint density at radius 3 is 2.61 bits per heavy atom. The average Bonchev–Trinajstić information content (AvgIpc) is 2.78. The highest BCUT2D eigenvalue weighted by molar-refractivity contribution is 7.91. The maximum absolute atomic E-state index is 12.2. The van der Waals surface area contributed by atoms with Crippen LogP contribution in [0.4, 0.5) is 0 Å². The molecule has 0 amide bonds. The fraction of sp³-hybridized carbons (Fsp3) is 0.500. The normalized spacial score (nSPS) is 13.8. The number of sulfonamides is 1. The topological polar surface area (TPSA) is 83.9 Å². The molecule has 1 unspecified atom stereocenters. The number of methoxy groups -OCH3 is 1. The van der Waals surface area contributed by atoms with Gasteiger partial charge in [-0.1, -0.05) is 0 Å². The lowest BCUT2D eigenvalue weighted by Gasteiger charge is -2.22. The summed E-state index contributed by atoms with van der Waals surface area (Å²) in [5.41, 5.74) is 0. The minimum atomic E-state index is -3.66. The first-order valence-electron chi connectivity index (χ1n) is 5.10. The minimum Gasteiger partial charge on any atom is -0.477 e. The number of carboxylic acids is 1. The molecule has 0 aliphatic heterocycles. The molecule has 1 heterocycles. The second-order valence-corrected chi connectivity index (χ2v) is 7.06. The van der Waals surface area contributed by atoms with Gasteiger partial charge in [0.1, 0.15) is 9.09 Å². The van der Waals surface area contributed by atoms with E-state index in [1.807, 2.05) is 0 Å². The van der Waals surface area contributed by atoms with Crippen molar-refractivity contribution in [1.82, 2.24) is 4.31 Å². The minimum absolute atomic E-state index is 0.00127. The molecule has 1 aromatic rings. The fourth-order valence-corrected chi connectivity index (χ4v) is 3.98. The van der Waals surface area contributed by atoms with E-state index in [0.717, 1.165) is 11.3 Å². The standard InChI is InChI=1S/C10H15NO5S2/c1-7(6-16-3)11(2)18(14,15)9-5-4-8(17-9)10(12)13/h4-5,7H,6H2,1-3H3,(H,12,13). The molecule has 8 heteroatoms. The van der Waals surface area contributed by atoms with Crippen molar-refractivity contribution in [1.29, 1.82) is 0 Å². The molecular weight excluding hydrogens is 278 g/mol. The van der Waals surface area contributed by atoms with Crippen LogP contribution in [0.25, 0.3) is 0 Å². The number of aromatic carboxylic acids is 1. The largest absolute Gasteiger partial charge is 0.477 e. The number of hydrogen-bond acceptors (Lipinski definition) is 5. The van der Waals surface area contributed by atoms with Crippen LogP contribution in [-0.2, 0) is 14.8 Å². The number of carboxylic acid groups (broad SMARTS) is 1. The first-order chi connectivity index (χ1) is 8.30. The van der Waals surface area contributed by atoms with E-state index >= 15 is 0 Å². The Morgan fingerprint density at radius 2 is 2.17 bits per heavy atom. The van der Waals surface area contributed by atoms with Crippen LogP contribution in [0.2, 0.25) is 0 Å². The Hall–Kier alpha value is -0.960. The number of hydrogen-bond donors (Lipinski definition) is 1. The predicted molar refractivity (Wildman–Crippen MR) is 67.6 cm³/mol. The SMILES string of the molecule is COCC(C)N(C)S(=O)(=O)c1ccc(C(=O)O)s1. The van der Waals surface area contributed by atoms with E-state index in [9.17, 15) is 13.2 Å². The van der Waals surface area contributed by atoms with Crippen molar-refractivity contribution in [3.8, 4) is 0 Å². The first kappa shape index (κ1) is 15.1. The summed E-state index contributed by atoms with van der Waals surface area (Å²) in [5, 5.41) is 8.78. The number of ether oxygens (including phenoxy) is 1. The summed E-state index contributed by atoms with van der Waals surface area (Å²) >= 11 is 0.742. The molecule has 0 saturated heterocycles. The third-order valence-electron chi connectivity index (χ3n) is 2.45. The monoisotopic (exact) mass is 293 g/mol. The van der Waals surface area contributed by atoms with Crippen molar-refractivity contribution >= 4 is 27.3 Å². The molecule has 0 saturated carbocycles. The molecule has 1 atom stereocenters. The maximum Gasteiger partial charge on any atom is 0.345 e. The summed E-state index contributed by atoms with van der Waals surface area (Å²) in [6.07, 6.45) is 0. The van der Waals surface area contributed by atoms with Crippen molar-refractivity contribution in [2.45, 2.75) is 17.2 Å². The van der Waals surface area contributed by atoms with Crippen LogP contribution < -0.4 is 0 Å². The third-order valence-corrected chi connectivity index (χ3v) is 5.97. The van der Waals surface area contributed by atoms with Crippen molar-refractivity contribution in [3.63, 3.8) is 0 Å². The zero-order valence-corrected chi connectivity index (χ0v) is 11.9. The number of rotatable bonds is 6. The van der Waals surface area contributed by atoms with Crippen LogP contribution in [0.5, 0.6) is 0 Å². The fourth-order valence-electron chi connectivity index (χ4n) is 1.30. The molecule has 18 heavy (non-hydrogen) atoms. The van der Waals surface area contributed by atoms with Crippen LogP contribution in [-0.4, -0.2) is 50.6 Å². The molecule has 1 aromatic heterocycles. The van der Waals surface area contributed by atoms with E-state index in [4.69, 9.17) is 9.84 Å². The molecule has 1 rings (SSSR count). The van der Waals surface area contributed by atoms with Gasteiger partial charge in [0.2, 0.25) is 0 Å². The van der Waals surface area contributed by atoms with Gasteiger partial charge in [-0.25, -0.2) is 13.2 Å². The van der Waals surface area contributed by atoms with Gasteiger partial charge < -0.3 is 9.84 Å². The molecule has 0 bridgehead atoms. The zero-order chi connectivity index (χ0) is 13.9. The number of nitrogens with zero attached hydrogens (tertiary/aromatic N) is 1. The van der Waals surface area contributed by atoms with Gasteiger partial charge >= 0.3 is 5.97 Å². The lowest BCUT2D eigenvalue weighted by atomic mass is 10.4. The lowest BCUT2D eigenvalue weighted by Crippen LogP contribution is -2.37. The lowest BCUT2D eigenvalue weighted by molar-refractivity contribution is 0.0702. The van der Waals surface area contributed by atoms with Crippen molar-refractivity contribution in [2.24, 2.45) is 0 Å². The van der Waals surface area contributed by atoms with Crippen LogP contribution in [0.1, 0.15) is 16.6 Å². The molecule has 0 aromatic carbocycles. The summed E-state index contributed by atoms with van der Waals surface area (Å²) in [7, 11) is -0.730. The molecule has 6 nitrogen and oxygen atoms in total. The van der Waals surface area contributed by atoms with Crippen molar-refractivity contribution in [3.05, 3.63) is 17.0 Å². The van der Waals surface area contributed by atoms with Gasteiger partial charge in [-0.2, -0.15) is 4.31 Å². The Bertz CT molecular complexity index is 522. The Morgan fingerprint density at radius 1 is 1.56 bits per heavy atom. The molecular formula is C10H15NO5S2. The highest BCUT2D eigenvalue weighted by Crippen LogP contribution is 2.25. The molecule has 1 N–H and O–H groups in total. The molecule has 0 fully saturated rings. The van der Waals surface area contributed by atoms with Crippen LogP contribution >= 0.6 is 11.3 Å². The van der Waals surface area contributed by atoms with Crippen LogP contribution in [0.3, 0.4) is 0 Å². The molecule has 0 aliphatic carbocycles. The molecule has 0 aliphatic rings.